The Balaban J connectivity index is 1.68. The van der Waals surface area contributed by atoms with E-state index in [2.05, 4.69) is 14.7 Å². The molecule has 1 atom stereocenters. The van der Waals surface area contributed by atoms with Crippen molar-refractivity contribution in [3.05, 3.63) is 75.6 Å². The van der Waals surface area contributed by atoms with Crippen molar-refractivity contribution in [2.75, 3.05) is 5.73 Å². The number of sulfonamides is 1. The van der Waals surface area contributed by atoms with Gasteiger partial charge in [-0.3, -0.25) is 4.98 Å². The molecular formula is C25H24ClFN4O3S2. The first-order valence-corrected chi connectivity index (χ1v) is 14.0. The summed E-state index contributed by atoms with van der Waals surface area (Å²) < 4.78 is 44.6. The number of pyridine rings is 2. The number of fused-ring (bicyclic) bond motifs is 1. The van der Waals surface area contributed by atoms with Crippen LogP contribution in [0.15, 0.2) is 48.8 Å². The van der Waals surface area contributed by atoms with E-state index in [1.165, 1.54) is 17.5 Å². The summed E-state index contributed by atoms with van der Waals surface area (Å²) >= 11 is 7.65. The van der Waals surface area contributed by atoms with Crippen molar-refractivity contribution < 1.29 is 17.9 Å². The largest absolute Gasteiger partial charge is 0.386 e. The number of rotatable bonds is 7. The SMILES string of the molecule is CC(C)(O)c1ccnc(-c2cccc3cc([C@H](NS(=O)(=O)C4CC4)c4c(Cl)cnc(N)c4F)sc23)c1. The minimum atomic E-state index is -3.72. The van der Waals surface area contributed by atoms with Gasteiger partial charge < -0.3 is 10.8 Å². The minimum absolute atomic E-state index is 0.0255. The second kappa shape index (κ2) is 9.04. The monoisotopic (exact) mass is 546 g/mol. The highest BCUT2D eigenvalue weighted by Gasteiger charge is 2.39. The number of benzene rings is 1. The lowest BCUT2D eigenvalue weighted by Gasteiger charge is -2.20. The van der Waals surface area contributed by atoms with Gasteiger partial charge in [0.05, 0.1) is 27.6 Å². The fourth-order valence-electron chi connectivity index (χ4n) is 4.04. The molecule has 0 radical (unpaired) electrons. The molecule has 0 spiro atoms. The maximum atomic E-state index is 15.2. The predicted molar refractivity (Wildman–Crippen MR) is 141 cm³/mol. The van der Waals surface area contributed by atoms with Crippen molar-refractivity contribution in [3.63, 3.8) is 0 Å². The molecule has 3 heterocycles. The molecule has 3 aromatic heterocycles. The van der Waals surface area contributed by atoms with Crippen LogP contribution in [-0.2, 0) is 15.6 Å². The molecule has 1 saturated carbocycles. The molecule has 0 unspecified atom stereocenters. The van der Waals surface area contributed by atoms with Gasteiger partial charge in [-0.05, 0) is 55.8 Å². The summed E-state index contributed by atoms with van der Waals surface area (Å²) in [5.41, 5.74) is 6.77. The number of nitrogen functional groups attached to an aromatic ring is 1. The van der Waals surface area contributed by atoms with Crippen LogP contribution in [0.1, 0.15) is 48.7 Å². The third-order valence-corrected chi connectivity index (χ3v) is 9.62. The molecule has 11 heteroatoms. The zero-order valence-electron chi connectivity index (χ0n) is 19.5. The number of nitrogens with two attached hydrogens (primary N) is 1. The standard InChI is InChI=1S/C25H24ClFN4O3S2/c1-25(2,32)14-8-9-29-18(11-14)16-5-3-4-13-10-19(35-23(13)16)22(31-36(33,34)15-6-7-15)20-17(26)12-30-24(28)21(20)27/h3-5,8-12,15,22,31-32H,6-7H2,1-2H3,(H2,28,30)/t22-/m0/s1. The Labute approximate surface area is 217 Å². The van der Waals surface area contributed by atoms with Crippen LogP contribution in [0.3, 0.4) is 0 Å². The van der Waals surface area contributed by atoms with E-state index in [1.807, 2.05) is 30.3 Å². The van der Waals surface area contributed by atoms with Crippen LogP contribution < -0.4 is 10.5 Å². The fraction of sp³-hybridized carbons (Fsp3) is 0.280. The highest BCUT2D eigenvalue weighted by Crippen LogP contribution is 2.42. The zero-order valence-corrected chi connectivity index (χ0v) is 21.9. The number of anilines is 1. The maximum absolute atomic E-state index is 15.2. The Kier molecular flexibility index (Phi) is 6.29. The Morgan fingerprint density at radius 2 is 2.00 bits per heavy atom. The minimum Gasteiger partial charge on any atom is -0.386 e. The highest BCUT2D eigenvalue weighted by atomic mass is 35.5. The predicted octanol–water partition coefficient (Wildman–Crippen LogP) is 5.13. The van der Waals surface area contributed by atoms with E-state index in [4.69, 9.17) is 17.3 Å². The first-order chi connectivity index (χ1) is 17.0. The van der Waals surface area contributed by atoms with Crippen LogP contribution in [0.25, 0.3) is 21.3 Å². The summed E-state index contributed by atoms with van der Waals surface area (Å²) in [7, 11) is -3.72. The number of halogens is 2. The van der Waals surface area contributed by atoms with Crippen molar-refractivity contribution in [2.45, 2.75) is 43.6 Å². The molecule has 4 aromatic rings. The van der Waals surface area contributed by atoms with Gasteiger partial charge in [-0.25, -0.2) is 22.5 Å². The molecule has 1 aliphatic carbocycles. The zero-order chi connectivity index (χ0) is 25.8. The van der Waals surface area contributed by atoms with Crippen molar-refractivity contribution in [2.24, 2.45) is 0 Å². The number of thiophene rings is 1. The number of aliphatic hydroxyl groups is 1. The van der Waals surface area contributed by atoms with Crippen molar-refractivity contribution >= 4 is 48.9 Å². The van der Waals surface area contributed by atoms with Crippen molar-refractivity contribution in [1.29, 1.82) is 0 Å². The smallest absolute Gasteiger partial charge is 0.215 e. The molecule has 36 heavy (non-hydrogen) atoms. The third kappa shape index (κ3) is 4.71. The number of hydrogen-bond acceptors (Lipinski definition) is 7. The molecule has 7 nitrogen and oxygen atoms in total. The van der Waals surface area contributed by atoms with Gasteiger partial charge in [-0.15, -0.1) is 11.3 Å². The highest BCUT2D eigenvalue weighted by molar-refractivity contribution is 7.90. The molecule has 5 rings (SSSR count). The van der Waals surface area contributed by atoms with Gasteiger partial charge in [-0.1, -0.05) is 29.8 Å². The van der Waals surface area contributed by atoms with Gasteiger partial charge >= 0.3 is 0 Å². The topological polar surface area (TPSA) is 118 Å². The molecule has 0 bridgehead atoms. The lowest BCUT2D eigenvalue weighted by atomic mass is 9.97. The van der Waals surface area contributed by atoms with E-state index >= 15 is 4.39 Å². The quantitative estimate of drug-likeness (QED) is 0.296. The maximum Gasteiger partial charge on any atom is 0.215 e. The second-order valence-electron chi connectivity index (χ2n) is 9.38. The first kappa shape index (κ1) is 25.0. The lowest BCUT2D eigenvalue weighted by molar-refractivity contribution is 0.0785. The van der Waals surface area contributed by atoms with Gasteiger partial charge in [0.1, 0.15) is 0 Å². The number of aromatic nitrogens is 2. The van der Waals surface area contributed by atoms with E-state index in [0.717, 1.165) is 15.6 Å². The average Bonchev–Trinajstić information content (AvgIpc) is 3.60. The summed E-state index contributed by atoms with van der Waals surface area (Å²) in [6.45, 7) is 3.40. The fourth-order valence-corrected chi connectivity index (χ4v) is 7.12. The summed E-state index contributed by atoms with van der Waals surface area (Å²) in [6.07, 6.45) is 3.96. The summed E-state index contributed by atoms with van der Waals surface area (Å²) in [5, 5.41) is 10.7. The van der Waals surface area contributed by atoms with Gasteiger partial charge in [0, 0.05) is 33.1 Å². The van der Waals surface area contributed by atoms with E-state index in [9.17, 15) is 13.5 Å². The molecule has 0 saturated heterocycles. The molecule has 1 aliphatic rings. The number of hydrogen-bond donors (Lipinski definition) is 3. The molecule has 4 N–H and O–H groups in total. The first-order valence-electron chi connectivity index (χ1n) is 11.3. The van der Waals surface area contributed by atoms with Gasteiger partial charge in [0.2, 0.25) is 10.0 Å². The van der Waals surface area contributed by atoms with Crippen LogP contribution in [0.2, 0.25) is 5.02 Å². The Hall–Kier alpha value is -2.63. The average molecular weight is 547 g/mol. The normalized spacial score (nSPS) is 15.4. The van der Waals surface area contributed by atoms with E-state index in [0.29, 0.717) is 29.0 Å². The van der Waals surface area contributed by atoms with Crippen LogP contribution >= 0.6 is 22.9 Å². The molecule has 1 aromatic carbocycles. The van der Waals surface area contributed by atoms with Crippen LogP contribution in [0.5, 0.6) is 0 Å². The van der Waals surface area contributed by atoms with E-state index in [-0.39, 0.29) is 16.4 Å². The molecule has 188 valence electrons. The summed E-state index contributed by atoms with van der Waals surface area (Å²) in [4.78, 5) is 8.79. The van der Waals surface area contributed by atoms with E-state index in [1.54, 1.807) is 26.1 Å². The van der Waals surface area contributed by atoms with E-state index < -0.39 is 32.7 Å². The van der Waals surface area contributed by atoms with Gasteiger partial charge in [0.25, 0.3) is 0 Å². The lowest BCUT2D eigenvalue weighted by Crippen LogP contribution is -2.32. The van der Waals surface area contributed by atoms with Crippen molar-refractivity contribution in [1.82, 2.24) is 14.7 Å². The molecule has 0 amide bonds. The second-order valence-corrected chi connectivity index (χ2v) is 12.9. The molecular weight excluding hydrogens is 523 g/mol. The Morgan fingerprint density at radius 3 is 2.69 bits per heavy atom. The van der Waals surface area contributed by atoms with Crippen LogP contribution in [0, 0.1) is 5.82 Å². The van der Waals surface area contributed by atoms with Gasteiger partial charge in [-0.2, -0.15) is 0 Å². The Morgan fingerprint density at radius 1 is 1.25 bits per heavy atom. The van der Waals surface area contributed by atoms with Gasteiger partial charge in [0.15, 0.2) is 11.6 Å². The summed E-state index contributed by atoms with van der Waals surface area (Å²) in [5.74, 6) is -1.22. The third-order valence-electron chi connectivity index (χ3n) is 6.16. The summed E-state index contributed by atoms with van der Waals surface area (Å²) in [6, 6.07) is 9.97. The van der Waals surface area contributed by atoms with Crippen LogP contribution in [0.4, 0.5) is 10.2 Å². The number of nitrogens with zero attached hydrogens (tertiary/aromatic N) is 2. The number of nitrogens with one attached hydrogen (secondary N) is 1. The van der Waals surface area contributed by atoms with Crippen LogP contribution in [-0.4, -0.2) is 28.7 Å². The molecule has 0 aliphatic heterocycles. The Bertz CT molecular complexity index is 1580. The molecule has 1 fully saturated rings. The van der Waals surface area contributed by atoms with Crippen molar-refractivity contribution in [3.8, 4) is 11.3 Å².